The fourth-order valence-corrected chi connectivity index (χ4v) is 2.46. The van der Waals surface area contributed by atoms with Gasteiger partial charge in [0.2, 0.25) is 5.91 Å². The van der Waals surface area contributed by atoms with E-state index in [0.29, 0.717) is 36.7 Å². The van der Waals surface area contributed by atoms with Crippen LogP contribution in [0.3, 0.4) is 0 Å². The highest BCUT2D eigenvalue weighted by Crippen LogP contribution is 2.25. The minimum Gasteiger partial charge on any atom is -0.497 e. The molecule has 0 saturated carbocycles. The molecule has 2 rings (SSSR count). The van der Waals surface area contributed by atoms with Gasteiger partial charge in [-0.3, -0.25) is 14.5 Å². The zero-order chi connectivity index (χ0) is 16.1. The van der Waals surface area contributed by atoms with Crippen LogP contribution in [0.25, 0.3) is 0 Å². The first-order valence-corrected chi connectivity index (χ1v) is 7.00. The Balaban J connectivity index is 0.00000264. The molecular formula is C15H21ClN2O5. The van der Waals surface area contributed by atoms with Crippen molar-refractivity contribution in [3.8, 4) is 11.5 Å². The van der Waals surface area contributed by atoms with Gasteiger partial charge in [-0.25, -0.2) is 0 Å². The molecule has 1 aromatic carbocycles. The van der Waals surface area contributed by atoms with Gasteiger partial charge in [0.1, 0.15) is 11.5 Å². The molecular weight excluding hydrogens is 324 g/mol. The molecule has 1 saturated heterocycles. The second-order valence-electron chi connectivity index (χ2n) is 5.21. The standard InChI is InChI=1S/C15H20N2O5.ClH/c1-21-12-5-11(6-13(7-12)22-2)16-14(18)9-17-4-3-10(8-17)15(19)20;/h5-7,10H,3-4,8-9H2,1-2H3,(H,16,18)(H,19,20);1H. The molecule has 1 atom stereocenters. The highest BCUT2D eigenvalue weighted by Gasteiger charge is 2.28. The molecule has 1 heterocycles. The fraction of sp³-hybridized carbons (Fsp3) is 0.467. The Morgan fingerprint density at radius 2 is 1.87 bits per heavy atom. The molecule has 1 amide bonds. The van der Waals surface area contributed by atoms with Crippen molar-refractivity contribution in [2.75, 3.05) is 39.2 Å². The average Bonchev–Trinajstić information content (AvgIpc) is 2.95. The number of methoxy groups -OCH3 is 2. The number of carbonyl (C=O) groups is 2. The highest BCUT2D eigenvalue weighted by atomic mass is 35.5. The number of nitrogens with one attached hydrogen (secondary N) is 1. The molecule has 0 aromatic heterocycles. The molecule has 1 unspecified atom stereocenters. The summed E-state index contributed by atoms with van der Waals surface area (Å²) >= 11 is 0. The van der Waals surface area contributed by atoms with E-state index < -0.39 is 5.97 Å². The van der Waals surface area contributed by atoms with E-state index in [1.165, 1.54) is 14.2 Å². The Kier molecular flexibility index (Phi) is 7.12. The van der Waals surface area contributed by atoms with Crippen LogP contribution in [0.5, 0.6) is 11.5 Å². The maximum Gasteiger partial charge on any atom is 0.307 e. The van der Waals surface area contributed by atoms with Gasteiger partial charge < -0.3 is 19.9 Å². The smallest absolute Gasteiger partial charge is 0.307 e. The van der Waals surface area contributed by atoms with Crippen molar-refractivity contribution in [2.45, 2.75) is 6.42 Å². The molecule has 23 heavy (non-hydrogen) atoms. The van der Waals surface area contributed by atoms with Crippen molar-refractivity contribution >= 4 is 30.0 Å². The lowest BCUT2D eigenvalue weighted by molar-refractivity contribution is -0.141. The number of rotatable bonds is 6. The lowest BCUT2D eigenvalue weighted by Crippen LogP contribution is -2.32. The summed E-state index contributed by atoms with van der Waals surface area (Å²) in [6.07, 6.45) is 0.579. The van der Waals surface area contributed by atoms with Crippen molar-refractivity contribution in [3.63, 3.8) is 0 Å². The van der Waals surface area contributed by atoms with Crippen LogP contribution in [-0.4, -0.2) is 55.7 Å². The van der Waals surface area contributed by atoms with Gasteiger partial charge in [0, 0.05) is 30.4 Å². The zero-order valence-corrected chi connectivity index (χ0v) is 13.9. The van der Waals surface area contributed by atoms with Crippen LogP contribution in [-0.2, 0) is 9.59 Å². The maximum atomic E-state index is 12.1. The van der Waals surface area contributed by atoms with Gasteiger partial charge in [0.05, 0.1) is 26.7 Å². The second-order valence-corrected chi connectivity index (χ2v) is 5.21. The van der Waals surface area contributed by atoms with E-state index in [4.69, 9.17) is 14.6 Å². The maximum absolute atomic E-state index is 12.1. The van der Waals surface area contributed by atoms with Crippen LogP contribution in [0.4, 0.5) is 5.69 Å². The van der Waals surface area contributed by atoms with E-state index in [-0.39, 0.29) is 30.8 Å². The number of nitrogens with zero attached hydrogens (tertiary/aromatic N) is 1. The minimum absolute atomic E-state index is 0. The van der Waals surface area contributed by atoms with Crippen LogP contribution in [0.1, 0.15) is 6.42 Å². The van der Waals surface area contributed by atoms with Crippen LogP contribution in [0.2, 0.25) is 0 Å². The summed E-state index contributed by atoms with van der Waals surface area (Å²) in [6, 6.07) is 5.11. The number of anilines is 1. The van der Waals surface area contributed by atoms with Crippen molar-refractivity contribution < 1.29 is 24.2 Å². The number of hydrogen-bond donors (Lipinski definition) is 2. The predicted molar refractivity (Wildman–Crippen MR) is 87.6 cm³/mol. The van der Waals surface area contributed by atoms with Crippen LogP contribution < -0.4 is 14.8 Å². The summed E-state index contributed by atoms with van der Waals surface area (Å²) in [7, 11) is 3.08. The summed E-state index contributed by atoms with van der Waals surface area (Å²) in [5, 5.41) is 11.7. The molecule has 1 aliphatic rings. The van der Waals surface area contributed by atoms with Crippen molar-refractivity contribution in [3.05, 3.63) is 18.2 Å². The van der Waals surface area contributed by atoms with Crippen LogP contribution in [0, 0.1) is 5.92 Å². The number of carbonyl (C=O) groups excluding carboxylic acids is 1. The molecule has 0 radical (unpaired) electrons. The molecule has 2 N–H and O–H groups in total. The van der Waals surface area contributed by atoms with Crippen molar-refractivity contribution in [1.29, 1.82) is 0 Å². The third-order valence-corrected chi connectivity index (χ3v) is 3.62. The number of benzene rings is 1. The normalized spacial score (nSPS) is 17.2. The lowest BCUT2D eigenvalue weighted by atomic mass is 10.1. The molecule has 1 fully saturated rings. The van der Waals surface area contributed by atoms with Gasteiger partial charge in [-0.1, -0.05) is 0 Å². The first kappa shape index (κ1) is 19.1. The number of carboxylic acid groups (broad SMARTS) is 1. The number of aliphatic carboxylic acids is 1. The SMILES string of the molecule is COc1cc(NC(=O)CN2CCC(C(=O)O)C2)cc(OC)c1.Cl. The lowest BCUT2D eigenvalue weighted by Gasteiger charge is -2.15. The van der Waals surface area contributed by atoms with Gasteiger partial charge in [-0.15, -0.1) is 12.4 Å². The molecule has 7 nitrogen and oxygen atoms in total. The number of ether oxygens (including phenoxy) is 2. The Labute approximate surface area is 141 Å². The van der Waals surface area contributed by atoms with E-state index in [1.54, 1.807) is 18.2 Å². The molecule has 0 aliphatic carbocycles. The second kappa shape index (κ2) is 8.59. The number of amides is 1. The zero-order valence-electron chi connectivity index (χ0n) is 13.1. The summed E-state index contributed by atoms with van der Waals surface area (Å²) in [4.78, 5) is 24.8. The monoisotopic (exact) mass is 344 g/mol. The third-order valence-electron chi connectivity index (χ3n) is 3.62. The van der Waals surface area contributed by atoms with Gasteiger partial charge in [0.25, 0.3) is 0 Å². The van der Waals surface area contributed by atoms with Gasteiger partial charge in [-0.2, -0.15) is 0 Å². The van der Waals surface area contributed by atoms with Crippen LogP contribution >= 0.6 is 12.4 Å². The van der Waals surface area contributed by atoms with E-state index >= 15 is 0 Å². The van der Waals surface area contributed by atoms with E-state index in [1.807, 2.05) is 4.90 Å². The average molecular weight is 345 g/mol. The molecule has 1 aromatic rings. The highest BCUT2D eigenvalue weighted by molar-refractivity contribution is 5.92. The quantitative estimate of drug-likeness (QED) is 0.812. The first-order chi connectivity index (χ1) is 10.5. The predicted octanol–water partition coefficient (Wildman–Crippen LogP) is 1.47. The number of likely N-dealkylation sites (tertiary alicyclic amines) is 1. The van der Waals surface area contributed by atoms with Crippen molar-refractivity contribution in [2.24, 2.45) is 5.92 Å². The van der Waals surface area contributed by atoms with E-state index in [2.05, 4.69) is 5.32 Å². The summed E-state index contributed by atoms with van der Waals surface area (Å²) in [5.41, 5.74) is 0.579. The summed E-state index contributed by atoms with van der Waals surface area (Å²) in [5.74, 6) is -0.213. The fourth-order valence-electron chi connectivity index (χ4n) is 2.46. The van der Waals surface area contributed by atoms with Gasteiger partial charge in [0.15, 0.2) is 0 Å². The van der Waals surface area contributed by atoms with E-state index in [9.17, 15) is 9.59 Å². The number of carboxylic acids is 1. The van der Waals surface area contributed by atoms with Crippen LogP contribution in [0.15, 0.2) is 18.2 Å². The molecule has 8 heteroatoms. The van der Waals surface area contributed by atoms with Gasteiger partial charge in [-0.05, 0) is 13.0 Å². The summed E-state index contributed by atoms with van der Waals surface area (Å²) < 4.78 is 10.3. The largest absolute Gasteiger partial charge is 0.497 e. The number of hydrogen-bond acceptors (Lipinski definition) is 5. The Morgan fingerprint density at radius 3 is 2.35 bits per heavy atom. The Bertz CT molecular complexity index is 545. The minimum atomic E-state index is -0.805. The molecule has 128 valence electrons. The Morgan fingerprint density at radius 1 is 1.26 bits per heavy atom. The molecule has 0 spiro atoms. The molecule has 0 bridgehead atoms. The topological polar surface area (TPSA) is 88.1 Å². The Hall–Kier alpha value is -1.99. The third kappa shape index (κ3) is 5.30. The van der Waals surface area contributed by atoms with Crippen molar-refractivity contribution in [1.82, 2.24) is 4.90 Å². The van der Waals surface area contributed by atoms with Gasteiger partial charge >= 0.3 is 5.97 Å². The first-order valence-electron chi connectivity index (χ1n) is 7.00. The molecule has 1 aliphatic heterocycles. The van der Waals surface area contributed by atoms with E-state index in [0.717, 1.165) is 0 Å². The number of halogens is 1. The summed E-state index contributed by atoms with van der Waals surface area (Å²) in [6.45, 7) is 1.19.